The van der Waals surface area contributed by atoms with Gasteiger partial charge in [-0.2, -0.15) is 0 Å². The van der Waals surface area contributed by atoms with Crippen molar-refractivity contribution in [2.45, 2.75) is 19.5 Å². The lowest BCUT2D eigenvalue weighted by molar-refractivity contribution is -0.120. The van der Waals surface area contributed by atoms with E-state index in [1.54, 1.807) is 14.2 Å². The van der Waals surface area contributed by atoms with Gasteiger partial charge in [0, 0.05) is 6.54 Å². The highest BCUT2D eigenvalue weighted by atomic mass is 16.5. The summed E-state index contributed by atoms with van der Waals surface area (Å²) in [5, 5.41) is 5.23. The fraction of sp³-hybridized carbons (Fsp3) is 0.261. The molecule has 5 nitrogen and oxygen atoms in total. The number of ether oxygens (including phenoxy) is 2. The number of likely N-dealkylation sites (N-methyl/N-ethyl adjacent to an activating group) is 1. The Morgan fingerprint density at radius 1 is 1.00 bits per heavy atom. The summed E-state index contributed by atoms with van der Waals surface area (Å²) in [5.41, 5.74) is 1.83. The van der Waals surface area contributed by atoms with Gasteiger partial charge < -0.3 is 14.8 Å². The fourth-order valence-corrected chi connectivity index (χ4v) is 3.11. The number of para-hydroxylation sites is 2. The minimum atomic E-state index is -0.295. The summed E-state index contributed by atoms with van der Waals surface area (Å²) in [7, 11) is 5.21. The Morgan fingerprint density at radius 3 is 2.46 bits per heavy atom. The van der Waals surface area contributed by atoms with Crippen LogP contribution in [0, 0.1) is 0 Å². The number of hydrogen-bond acceptors (Lipinski definition) is 4. The first-order valence-corrected chi connectivity index (χ1v) is 9.22. The number of carbonyl (C=O) groups excluding carboxylic acids is 1. The molecule has 0 aliphatic carbocycles. The molecule has 3 aromatic rings. The number of hydrogen-bond donors (Lipinski definition) is 1. The predicted octanol–water partition coefficient (Wildman–Crippen LogP) is 4.32. The molecule has 3 aromatic carbocycles. The molecule has 0 fully saturated rings. The van der Waals surface area contributed by atoms with Gasteiger partial charge in [-0.3, -0.25) is 9.69 Å². The first kappa shape index (κ1) is 19.7. The number of methoxy groups -OCH3 is 2. The Labute approximate surface area is 165 Å². The molecule has 0 unspecified atom stereocenters. The average Bonchev–Trinajstić information content (AvgIpc) is 2.73. The Balaban J connectivity index is 1.68. The van der Waals surface area contributed by atoms with Crippen LogP contribution in [0.5, 0.6) is 11.5 Å². The second kappa shape index (κ2) is 8.76. The second-order valence-corrected chi connectivity index (χ2v) is 6.83. The Morgan fingerprint density at radius 2 is 1.71 bits per heavy atom. The predicted molar refractivity (Wildman–Crippen MR) is 113 cm³/mol. The van der Waals surface area contributed by atoms with Crippen LogP contribution in [0.1, 0.15) is 12.5 Å². The lowest BCUT2D eigenvalue weighted by Gasteiger charge is -2.24. The molecule has 0 saturated carbocycles. The molecule has 0 heterocycles. The molecular weight excluding hydrogens is 352 g/mol. The molecule has 1 N–H and O–H groups in total. The van der Waals surface area contributed by atoms with Crippen molar-refractivity contribution < 1.29 is 14.3 Å². The van der Waals surface area contributed by atoms with E-state index in [0.29, 0.717) is 18.0 Å². The van der Waals surface area contributed by atoms with Crippen molar-refractivity contribution in [3.05, 3.63) is 66.2 Å². The van der Waals surface area contributed by atoms with Crippen LogP contribution in [-0.2, 0) is 11.3 Å². The van der Waals surface area contributed by atoms with Crippen LogP contribution in [0.4, 0.5) is 5.69 Å². The summed E-state index contributed by atoms with van der Waals surface area (Å²) in [5.74, 6) is 1.42. The zero-order valence-electron chi connectivity index (χ0n) is 16.7. The number of nitrogens with one attached hydrogen (secondary N) is 1. The molecular formula is C23H26N2O3. The third kappa shape index (κ3) is 4.43. The van der Waals surface area contributed by atoms with Crippen LogP contribution in [-0.4, -0.2) is 38.1 Å². The monoisotopic (exact) mass is 378 g/mol. The van der Waals surface area contributed by atoms with Crippen molar-refractivity contribution in [2.75, 3.05) is 26.6 Å². The number of fused-ring (bicyclic) bond motifs is 1. The third-order valence-corrected chi connectivity index (χ3v) is 4.95. The summed E-state index contributed by atoms with van der Waals surface area (Å²) >= 11 is 0. The number of amides is 1. The lowest BCUT2D eigenvalue weighted by Crippen LogP contribution is -2.39. The fourth-order valence-electron chi connectivity index (χ4n) is 3.11. The van der Waals surface area contributed by atoms with Crippen LogP contribution >= 0.6 is 0 Å². The summed E-state index contributed by atoms with van der Waals surface area (Å²) in [6, 6.07) is 19.5. The molecule has 0 aliphatic rings. The largest absolute Gasteiger partial charge is 0.497 e. The van der Waals surface area contributed by atoms with Gasteiger partial charge in [-0.25, -0.2) is 0 Å². The minimum Gasteiger partial charge on any atom is -0.497 e. The van der Waals surface area contributed by atoms with Crippen molar-refractivity contribution in [3.8, 4) is 11.5 Å². The van der Waals surface area contributed by atoms with E-state index in [-0.39, 0.29) is 11.9 Å². The standard InChI is InChI=1S/C23H26N2O3/c1-16(23(26)24-21-7-5-6-8-22(21)28-4)25(2)15-17-9-10-19-14-20(27-3)12-11-18(19)13-17/h5-14,16H,15H2,1-4H3,(H,24,26)/t16-/m0/s1. The molecule has 3 rings (SSSR count). The topological polar surface area (TPSA) is 50.8 Å². The number of rotatable bonds is 7. The van der Waals surface area contributed by atoms with E-state index in [9.17, 15) is 4.79 Å². The number of anilines is 1. The Bertz CT molecular complexity index is 971. The van der Waals surface area contributed by atoms with E-state index >= 15 is 0 Å². The first-order valence-electron chi connectivity index (χ1n) is 9.22. The summed E-state index contributed by atoms with van der Waals surface area (Å²) < 4.78 is 10.6. The van der Waals surface area contributed by atoms with Gasteiger partial charge in [-0.15, -0.1) is 0 Å². The highest BCUT2D eigenvalue weighted by molar-refractivity contribution is 5.95. The van der Waals surface area contributed by atoms with Crippen LogP contribution in [0.25, 0.3) is 10.8 Å². The van der Waals surface area contributed by atoms with Crippen molar-refractivity contribution in [3.63, 3.8) is 0 Å². The summed E-state index contributed by atoms with van der Waals surface area (Å²) in [4.78, 5) is 14.7. The van der Waals surface area contributed by atoms with E-state index in [4.69, 9.17) is 9.47 Å². The third-order valence-electron chi connectivity index (χ3n) is 4.95. The summed E-state index contributed by atoms with van der Waals surface area (Å²) in [6.45, 7) is 2.57. The second-order valence-electron chi connectivity index (χ2n) is 6.83. The average molecular weight is 378 g/mol. The molecule has 0 spiro atoms. The van der Waals surface area contributed by atoms with Crippen molar-refractivity contribution in [1.29, 1.82) is 0 Å². The Hall–Kier alpha value is -3.05. The number of benzene rings is 3. The van der Waals surface area contributed by atoms with E-state index in [1.807, 2.05) is 55.3 Å². The van der Waals surface area contributed by atoms with Gasteiger partial charge in [-0.05, 0) is 60.6 Å². The van der Waals surface area contributed by atoms with Crippen molar-refractivity contribution >= 4 is 22.4 Å². The maximum absolute atomic E-state index is 12.7. The molecule has 0 saturated heterocycles. The molecule has 5 heteroatoms. The van der Waals surface area contributed by atoms with Crippen molar-refractivity contribution in [2.24, 2.45) is 0 Å². The van der Waals surface area contributed by atoms with Crippen LogP contribution in [0.15, 0.2) is 60.7 Å². The lowest BCUT2D eigenvalue weighted by atomic mass is 10.1. The molecule has 146 valence electrons. The van der Waals surface area contributed by atoms with Gasteiger partial charge >= 0.3 is 0 Å². The van der Waals surface area contributed by atoms with E-state index in [2.05, 4.69) is 29.6 Å². The molecule has 0 radical (unpaired) electrons. The van der Waals surface area contributed by atoms with Crippen LogP contribution in [0.3, 0.4) is 0 Å². The molecule has 1 atom stereocenters. The SMILES string of the molecule is COc1ccc2cc(CN(C)[C@@H](C)C(=O)Nc3ccccc3OC)ccc2c1. The zero-order valence-corrected chi connectivity index (χ0v) is 16.7. The highest BCUT2D eigenvalue weighted by Crippen LogP contribution is 2.24. The van der Waals surface area contributed by atoms with Gasteiger partial charge in [0.05, 0.1) is 25.9 Å². The van der Waals surface area contributed by atoms with E-state index < -0.39 is 0 Å². The minimum absolute atomic E-state index is 0.0717. The smallest absolute Gasteiger partial charge is 0.241 e. The van der Waals surface area contributed by atoms with Gasteiger partial charge in [0.2, 0.25) is 5.91 Å². The van der Waals surface area contributed by atoms with Crippen molar-refractivity contribution in [1.82, 2.24) is 4.90 Å². The summed E-state index contributed by atoms with van der Waals surface area (Å²) in [6.07, 6.45) is 0. The molecule has 1 amide bonds. The quantitative estimate of drug-likeness (QED) is 0.665. The highest BCUT2D eigenvalue weighted by Gasteiger charge is 2.19. The van der Waals surface area contributed by atoms with Gasteiger partial charge in [0.15, 0.2) is 0 Å². The van der Waals surface area contributed by atoms with E-state index in [0.717, 1.165) is 22.1 Å². The molecule has 0 aromatic heterocycles. The number of nitrogens with zero attached hydrogens (tertiary/aromatic N) is 1. The van der Waals surface area contributed by atoms with Crippen LogP contribution in [0.2, 0.25) is 0 Å². The molecule has 0 bridgehead atoms. The normalized spacial score (nSPS) is 12.0. The maximum Gasteiger partial charge on any atom is 0.241 e. The number of carbonyl (C=O) groups is 1. The maximum atomic E-state index is 12.7. The zero-order chi connectivity index (χ0) is 20.1. The molecule has 28 heavy (non-hydrogen) atoms. The van der Waals surface area contributed by atoms with Gasteiger partial charge in [0.1, 0.15) is 11.5 Å². The van der Waals surface area contributed by atoms with E-state index in [1.165, 1.54) is 0 Å². The van der Waals surface area contributed by atoms with Gasteiger partial charge in [0.25, 0.3) is 0 Å². The van der Waals surface area contributed by atoms with Gasteiger partial charge in [-0.1, -0.05) is 30.3 Å². The Kier molecular flexibility index (Phi) is 6.16. The van der Waals surface area contributed by atoms with Crippen LogP contribution < -0.4 is 14.8 Å². The first-order chi connectivity index (χ1) is 13.5. The molecule has 0 aliphatic heterocycles.